The van der Waals surface area contributed by atoms with Gasteiger partial charge in [-0.15, -0.1) is 0 Å². The van der Waals surface area contributed by atoms with Crippen LogP contribution >= 0.6 is 0 Å². The van der Waals surface area contributed by atoms with Crippen molar-refractivity contribution in [3.63, 3.8) is 0 Å². The first-order chi connectivity index (χ1) is 14.6. The van der Waals surface area contributed by atoms with Crippen molar-refractivity contribution in [1.29, 1.82) is 0 Å². The molecule has 30 heavy (non-hydrogen) atoms. The average Bonchev–Trinajstić information content (AvgIpc) is 3.45. The first-order valence-corrected chi connectivity index (χ1v) is 10.1. The molecular formula is C21H27N5O4. The molecule has 0 saturated carbocycles. The van der Waals surface area contributed by atoms with Crippen molar-refractivity contribution in [2.45, 2.75) is 44.4 Å². The van der Waals surface area contributed by atoms with Gasteiger partial charge in [-0.25, -0.2) is 0 Å². The van der Waals surface area contributed by atoms with Gasteiger partial charge in [0, 0.05) is 33.7 Å². The summed E-state index contributed by atoms with van der Waals surface area (Å²) in [5.74, 6) is 2.36. The Kier molecular flexibility index (Phi) is 6.21. The largest absolute Gasteiger partial charge is 0.377 e. The molecule has 0 radical (unpaired) electrons. The molecule has 0 unspecified atom stereocenters. The lowest BCUT2D eigenvalue weighted by Gasteiger charge is -2.39. The third-order valence-electron chi connectivity index (χ3n) is 5.72. The second-order valence-electron chi connectivity index (χ2n) is 7.57. The van der Waals surface area contributed by atoms with E-state index >= 15 is 0 Å². The van der Waals surface area contributed by atoms with Crippen LogP contribution in [0.4, 0.5) is 0 Å². The maximum absolute atomic E-state index is 5.91. The molecule has 4 rings (SSSR count). The molecule has 0 spiro atoms. The van der Waals surface area contributed by atoms with E-state index in [2.05, 4.69) is 44.2 Å². The summed E-state index contributed by atoms with van der Waals surface area (Å²) in [4.78, 5) is 11.4. The van der Waals surface area contributed by atoms with Crippen molar-refractivity contribution in [2.75, 3.05) is 27.3 Å². The van der Waals surface area contributed by atoms with Crippen molar-refractivity contribution < 1.29 is 18.5 Å². The van der Waals surface area contributed by atoms with Crippen molar-refractivity contribution in [2.24, 2.45) is 0 Å². The molecule has 1 aromatic carbocycles. The summed E-state index contributed by atoms with van der Waals surface area (Å²) in [7, 11) is 3.31. The zero-order valence-corrected chi connectivity index (χ0v) is 17.6. The van der Waals surface area contributed by atoms with Crippen LogP contribution in [0.2, 0.25) is 0 Å². The van der Waals surface area contributed by atoms with E-state index in [0.29, 0.717) is 36.5 Å². The van der Waals surface area contributed by atoms with Gasteiger partial charge in [-0.05, 0) is 25.3 Å². The number of benzene rings is 1. The number of likely N-dealkylation sites (tertiary alicyclic amines) is 1. The number of aromatic nitrogens is 4. The molecule has 160 valence electrons. The minimum Gasteiger partial charge on any atom is -0.377 e. The Morgan fingerprint density at radius 2 is 1.77 bits per heavy atom. The maximum Gasteiger partial charge on any atom is 0.258 e. The minimum absolute atomic E-state index is 0.00860. The molecule has 0 amide bonds. The number of methoxy groups -OCH3 is 2. The summed E-state index contributed by atoms with van der Waals surface area (Å²) < 4.78 is 22.0. The van der Waals surface area contributed by atoms with Gasteiger partial charge in [0.1, 0.15) is 12.2 Å². The molecule has 3 heterocycles. The van der Waals surface area contributed by atoms with Crippen LogP contribution in [0.25, 0.3) is 0 Å². The number of ether oxygens (including phenoxy) is 2. The van der Waals surface area contributed by atoms with E-state index in [1.807, 2.05) is 18.2 Å². The van der Waals surface area contributed by atoms with Gasteiger partial charge in [-0.2, -0.15) is 9.97 Å². The number of nitrogens with zero attached hydrogens (tertiary/aromatic N) is 5. The van der Waals surface area contributed by atoms with E-state index in [1.165, 1.54) is 0 Å². The summed E-state index contributed by atoms with van der Waals surface area (Å²) in [5, 5.41) is 8.13. The zero-order chi connectivity index (χ0) is 21.0. The van der Waals surface area contributed by atoms with Gasteiger partial charge in [0.05, 0.1) is 6.04 Å². The summed E-state index contributed by atoms with van der Waals surface area (Å²) in [6.07, 6.45) is 2.11. The van der Waals surface area contributed by atoms with Crippen molar-refractivity contribution in [3.8, 4) is 0 Å². The van der Waals surface area contributed by atoms with Crippen molar-refractivity contribution in [1.82, 2.24) is 25.2 Å². The standard InChI is InChI=1S/C21H27N5O4/c1-15(19-22-18(14-27-2)25-29-19)26-11-9-21(28-3,10-12-26)20-23-17(24-30-20)13-16-7-5-4-6-8-16/h4-8,15H,9-14H2,1-3H3/t15-/m1/s1. The smallest absolute Gasteiger partial charge is 0.258 e. The van der Waals surface area contributed by atoms with Crippen LogP contribution in [0.3, 0.4) is 0 Å². The third kappa shape index (κ3) is 4.28. The lowest BCUT2D eigenvalue weighted by Crippen LogP contribution is -2.44. The highest BCUT2D eigenvalue weighted by molar-refractivity contribution is 5.19. The molecular weight excluding hydrogens is 386 g/mol. The molecule has 3 aromatic rings. The molecule has 9 nitrogen and oxygen atoms in total. The number of hydrogen-bond donors (Lipinski definition) is 0. The average molecular weight is 413 g/mol. The Bertz CT molecular complexity index is 934. The fourth-order valence-electron chi connectivity index (χ4n) is 3.85. The summed E-state index contributed by atoms with van der Waals surface area (Å²) >= 11 is 0. The Hall–Kier alpha value is -2.62. The summed E-state index contributed by atoms with van der Waals surface area (Å²) in [5.41, 5.74) is 0.571. The van der Waals surface area contributed by atoms with Crippen molar-refractivity contribution in [3.05, 3.63) is 59.3 Å². The molecule has 1 atom stereocenters. The highest BCUT2D eigenvalue weighted by Gasteiger charge is 2.43. The number of hydrogen-bond acceptors (Lipinski definition) is 9. The SMILES string of the molecule is COCc1noc([C@@H](C)N2CCC(OC)(c3nc(Cc4ccccc4)no3)CC2)n1. The highest BCUT2D eigenvalue weighted by atomic mass is 16.5. The molecule has 0 aliphatic carbocycles. The Labute approximate surface area is 175 Å². The number of piperidine rings is 1. The summed E-state index contributed by atoms with van der Waals surface area (Å²) in [6, 6.07) is 10.1. The lowest BCUT2D eigenvalue weighted by atomic mass is 9.90. The molecule has 2 aromatic heterocycles. The van der Waals surface area contributed by atoms with Gasteiger partial charge in [-0.3, -0.25) is 4.90 Å². The van der Waals surface area contributed by atoms with Crippen LogP contribution in [0.1, 0.15) is 54.8 Å². The van der Waals surface area contributed by atoms with Gasteiger partial charge in [-0.1, -0.05) is 40.6 Å². The van der Waals surface area contributed by atoms with Crippen LogP contribution in [-0.2, 0) is 28.1 Å². The van der Waals surface area contributed by atoms with E-state index in [1.54, 1.807) is 14.2 Å². The monoisotopic (exact) mass is 413 g/mol. The molecule has 1 aliphatic rings. The lowest BCUT2D eigenvalue weighted by molar-refractivity contribution is -0.0891. The van der Waals surface area contributed by atoms with Gasteiger partial charge < -0.3 is 18.5 Å². The van der Waals surface area contributed by atoms with Crippen LogP contribution in [-0.4, -0.2) is 52.5 Å². The molecule has 9 heteroatoms. The molecule has 0 N–H and O–H groups in total. The summed E-state index contributed by atoms with van der Waals surface area (Å²) in [6.45, 7) is 3.97. The van der Waals surface area contributed by atoms with Gasteiger partial charge in [0.25, 0.3) is 5.89 Å². The van der Waals surface area contributed by atoms with E-state index in [0.717, 1.165) is 31.5 Å². The second-order valence-corrected chi connectivity index (χ2v) is 7.57. The quantitative estimate of drug-likeness (QED) is 0.552. The van der Waals surface area contributed by atoms with E-state index < -0.39 is 5.60 Å². The maximum atomic E-state index is 5.91. The molecule has 1 saturated heterocycles. The zero-order valence-electron chi connectivity index (χ0n) is 17.6. The van der Waals surface area contributed by atoms with E-state index in [4.69, 9.17) is 18.5 Å². The van der Waals surface area contributed by atoms with Crippen LogP contribution in [0, 0.1) is 0 Å². The van der Waals surface area contributed by atoms with Crippen molar-refractivity contribution >= 4 is 0 Å². The van der Waals surface area contributed by atoms with Crippen LogP contribution in [0.15, 0.2) is 39.4 Å². The normalized spacial score (nSPS) is 17.8. The second kappa shape index (κ2) is 9.03. The predicted octanol–water partition coefficient (Wildman–Crippen LogP) is 2.89. The van der Waals surface area contributed by atoms with Gasteiger partial charge in [0.15, 0.2) is 11.6 Å². The fraction of sp³-hybridized carbons (Fsp3) is 0.524. The Morgan fingerprint density at radius 3 is 2.47 bits per heavy atom. The Balaban J connectivity index is 1.41. The molecule has 0 bridgehead atoms. The molecule has 1 aliphatic heterocycles. The first kappa shape index (κ1) is 20.6. The van der Waals surface area contributed by atoms with Gasteiger partial charge >= 0.3 is 0 Å². The number of rotatable bonds is 8. The molecule has 1 fully saturated rings. The van der Waals surface area contributed by atoms with E-state index in [-0.39, 0.29) is 6.04 Å². The van der Waals surface area contributed by atoms with Crippen LogP contribution in [0.5, 0.6) is 0 Å². The topological polar surface area (TPSA) is 99.5 Å². The van der Waals surface area contributed by atoms with Crippen LogP contribution < -0.4 is 0 Å². The fourth-order valence-corrected chi connectivity index (χ4v) is 3.85. The Morgan fingerprint density at radius 1 is 1.03 bits per heavy atom. The van der Waals surface area contributed by atoms with Gasteiger partial charge in [0.2, 0.25) is 5.89 Å². The third-order valence-corrected chi connectivity index (χ3v) is 5.72. The highest BCUT2D eigenvalue weighted by Crippen LogP contribution is 2.37. The minimum atomic E-state index is -0.575. The van der Waals surface area contributed by atoms with E-state index in [9.17, 15) is 0 Å². The first-order valence-electron chi connectivity index (χ1n) is 10.1. The predicted molar refractivity (Wildman–Crippen MR) is 106 cm³/mol.